The molecule has 0 atom stereocenters. The van der Waals surface area contributed by atoms with Gasteiger partial charge in [0, 0.05) is 12.5 Å². The SMILES string of the molecule is ClCCCCCOC(c1ccccc1)c1ccccc1. The van der Waals surface area contributed by atoms with E-state index >= 15 is 0 Å². The molecule has 0 spiro atoms. The third kappa shape index (κ3) is 4.66. The van der Waals surface area contributed by atoms with Crippen molar-refractivity contribution in [1.82, 2.24) is 0 Å². The summed E-state index contributed by atoms with van der Waals surface area (Å²) >= 11 is 5.69. The number of alkyl halides is 1. The van der Waals surface area contributed by atoms with Crippen molar-refractivity contribution >= 4 is 11.6 Å². The first-order valence-corrected chi connectivity index (χ1v) is 7.72. The molecule has 20 heavy (non-hydrogen) atoms. The molecule has 0 saturated heterocycles. The number of benzene rings is 2. The molecule has 0 aliphatic rings. The van der Waals surface area contributed by atoms with Crippen LogP contribution in [0.5, 0.6) is 0 Å². The number of halogens is 1. The maximum Gasteiger partial charge on any atom is 0.108 e. The van der Waals surface area contributed by atoms with E-state index in [1.54, 1.807) is 0 Å². The Morgan fingerprint density at radius 3 is 1.80 bits per heavy atom. The summed E-state index contributed by atoms with van der Waals surface area (Å²) in [6.07, 6.45) is 3.27. The lowest BCUT2D eigenvalue weighted by molar-refractivity contribution is 0.0771. The second kappa shape index (κ2) is 8.78. The number of hydrogen-bond donors (Lipinski definition) is 0. The predicted octanol–water partition coefficient (Wildman–Crippen LogP) is 5.20. The molecule has 2 rings (SSSR count). The van der Waals surface area contributed by atoms with Gasteiger partial charge in [-0.2, -0.15) is 0 Å². The highest BCUT2D eigenvalue weighted by Gasteiger charge is 2.13. The summed E-state index contributed by atoms with van der Waals surface area (Å²) in [5.41, 5.74) is 2.41. The van der Waals surface area contributed by atoms with E-state index < -0.39 is 0 Å². The predicted molar refractivity (Wildman–Crippen MR) is 85.3 cm³/mol. The highest BCUT2D eigenvalue weighted by atomic mass is 35.5. The van der Waals surface area contributed by atoms with Gasteiger partial charge in [0.1, 0.15) is 6.10 Å². The van der Waals surface area contributed by atoms with Crippen LogP contribution >= 0.6 is 11.6 Å². The molecule has 0 amide bonds. The Hall–Kier alpha value is -1.31. The average molecular weight is 289 g/mol. The Balaban J connectivity index is 2.02. The summed E-state index contributed by atoms with van der Waals surface area (Å²) < 4.78 is 6.12. The van der Waals surface area contributed by atoms with Crippen molar-refractivity contribution in [2.45, 2.75) is 25.4 Å². The summed E-state index contributed by atoms with van der Waals surface area (Å²) in [7, 11) is 0. The van der Waals surface area contributed by atoms with Gasteiger partial charge in [-0.3, -0.25) is 0 Å². The molecule has 0 aromatic heterocycles. The van der Waals surface area contributed by atoms with Crippen LogP contribution in [0.15, 0.2) is 60.7 Å². The molecule has 1 nitrogen and oxygen atoms in total. The maximum atomic E-state index is 6.12. The van der Waals surface area contributed by atoms with Gasteiger partial charge in [-0.1, -0.05) is 60.7 Å². The van der Waals surface area contributed by atoms with Crippen molar-refractivity contribution in [1.29, 1.82) is 0 Å². The van der Waals surface area contributed by atoms with Crippen LogP contribution in [0.3, 0.4) is 0 Å². The van der Waals surface area contributed by atoms with Gasteiger partial charge in [0.2, 0.25) is 0 Å². The highest BCUT2D eigenvalue weighted by molar-refractivity contribution is 6.17. The summed E-state index contributed by atoms with van der Waals surface area (Å²) in [6, 6.07) is 20.8. The van der Waals surface area contributed by atoms with E-state index in [1.165, 1.54) is 11.1 Å². The molecular weight excluding hydrogens is 268 g/mol. The van der Waals surface area contributed by atoms with Crippen LogP contribution in [-0.2, 0) is 4.74 Å². The third-order valence-electron chi connectivity index (χ3n) is 3.27. The van der Waals surface area contributed by atoms with Crippen molar-refractivity contribution < 1.29 is 4.74 Å². The van der Waals surface area contributed by atoms with Gasteiger partial charge in [-0.05, 0) is 30.4 Å². The summed E-state index contributed by atoms with van der Waals surface area (Å²) in [6.45, 7) is 0.769. The van der Waals surface area contributed by atoms with E-state index in [1.807, 2.05) is 12.1 Å². The van der Waals surface area contributed by atoms with Crippen LogP contribution < -0.4 is 0 Å². The van der Waals surface area contributed by atoms with E-state index in [0.29, 0.717) is 0 Å². The summed E-state index contributed by atoms with van der Waals surface area (Å²) in [4.78, 5) is 0. The molecule has 2 aromatic carbocycles. The smallest absolute Gasteiger partial charge is 0.108 e. The summed E-state index contributed by atoms with van der Waals surface area (Å²) in [5.74, 6) is 0.737. The van der Waals surface area contributed by atoms with Gasteiger partial charge >= 0.3 is 0 Å². The van der Waals surface area contributed by atoms with Crippen LogP contribution in [0.1, 0.15) is 36.5 Å². The molecule has 0 aliphatic heterocycles. The Kier molecular flexibility index (Phi) is 6.62. The fourth-order valence-corrected chi connectivity index (χ4v) is 2.40. The number of hydrogen-bond acceptors (Lipinski definition) is 1. The molecule has 0 radical (unpaired) electrons. The fourth-order valence-electron chi connectivity index (χ4n) is 2.22. The van der Waals surface area contributed by atoms with E-state index in [9.17, 15) is 0 Å². The molecule has 0 fully saturated rings. The molecule has 2 aromatic rings. The molecule has 2 heteroatoms. The molecule has 0 heterocycles. The second-order valence-corrected chi connectivity index (χ2v) is 5.20. The minimum atomic E-state index is 0.0217. The zero-order chi connectivity index (χ0) is 14.0. The van der Waals surface area contributed by atoms with Gasteiger partial charge in [0.25, 0.3) is 0 Å². The van der Waals surface area contributed by atoms with Gasteiger partial charge in [-0.15, -0.1) is 11.6 Å². The maximum absolute atomic E-state index is 6.12. The number of ether oxygens (including phenoxy) is 1. The Morgan fingerprint density at radius 1 is 0.750 bits per heavy atom. The van der Waals surface area contributed by atoms with Crippen LogP contribution in [0.25, 0.3) is 0 Å². The van der Waals surface area contributed by atoms with Gasteiger partial charge in [0.15, 0.2) is 0 Å². The fraction of sp³-hybridized carbons (Fsp3) is 0.333. The van der Waals surface area contributed by atoms with Crippen molar-refractivity contribution in [3.63, 3.8) is 0 Å². The van der Waals surface area contributed by atoms with E-state index in [2.05, 4.69) is 48.5 Å². The van der Waals surface area contributed by atoms with E-state index in [4.69, 9.17) is 16.3 Å². The minimum Gasteiger partial charge on any atom is -0.369 e. The normalized spacial score (nSPS) is 10.9. The standard InChI is InChI=1S/C18H21ClO/c19-14-8-3-9-15-20-18(16-10-4-1-5-11-16)17-12-6-2-7-13-17/h1-2,4-7,10-13,18H,3,8-9,14-15H2. The molecule has 0 saturated carbocycles. The Labute approximate surface area is 126 Å². The van der Waals surface area contributed by atoms with Gasteiger partial charge in [-0.25, -0.2) is 0 Å². The molecule has 0 N–H and O–H groups in total. The highest BCUT2D eigenvalue weighted by Crippen LogP contribution is 2.25. The third-order valence-corrected chi connectivity index (χ3v) is 3.53. The van der Waals surface area contributed by atoms with E-state index in [-0.39, 0.29) is 6.10 Å². The van der Waals surface area contributed by atoms with Crippen LogP contribution in [0.4, 0.5) is 0 Å². The lowest BCUT2D eigenvalue weighted by atomic mass is 10.0. The lowest BCUT2D eigenvalue weighted by Gasteiger charge is -2.19. The molecule has 0 bridgehead atoms. The zero-order valence-corrected chi connectivity index (χ0v) is 12.4. The van der Waals surface area contributed by atoms with Crippen molar-refractivity contribution in [3.8, 4) is 0 Å². The largest absolute Gasteiger partial charge is 0.369 e. The van der Waals surface area contributed by atoms with Crippen LogP contribution in [-0.4, -0.2) is 12.5 Å². The first-order valence-electron chi connectivity index (χ1n) is 7.19. The summed E-state index contributed by atoms with van der Waals surface area (Å²) in [5, 5.41) is 0. The lowest BCUT2D eigenvalue weighted by Crippen LogP contribution is -2.07. The average Bonchev–Trinajstić information content (AvgIpc) is 2.53. The van der Waals surface area contributed by atoms with Crippen molar-refractivity contribution in [3.05, 3.63) is 71.8 Å². The topological polar surface area (TPSA) is 9.23 Å². The first-order chi connectivity index (χ1) is 9.92. The van der Waals surface area contributed by atoms with Gasteiger partial charge < -0.3 is 4.74 Å². The molecular formula is C18H21ClO. The Bertz CT molecular complexity index is 430. The van der Waals surface area contributed by atoms with Gasteiger partial charge in [0.05, 0.1) is 0 Å². The van der Waals surface area contributed by atoms with Crippen LogP contribution in [0.2, 0.25) is 0 Å². The zero-order valence-electron chi connectivity index (χ0n) is 11.7. The number of rotatable bonds is 8. The second-order valence-electron chi connectivity index (χ2n) is 4.82. The molecule has 0 aliphatic carbocycles. The first kappa shape index (κ1) is 15.1. The quantitative estimate of drug-likeness (QED) is 0.479. The van der Waals surface area contributed by atoms with E-state index in [0.717, 1.165) is 31.7 Å². The molecule has 0 unspecified atom stereocenters. The number of unbranched alkanes of at least 4 members (excludes halogenated alkanes) is 2. The molecule has 106 valence electrons. The van der Waals surface area contributed by atoms with Crippen molar-refractivity contribution in [2.24, 2.45) is 0 Å². The Morgan fingerprint density at radius 2 is 1.30 bits per heavy atom. The minimum absolute atomic E-state index is 0.0217. The van der Waals surface area contributed by atoms with Crippen LogP contribution in [0, 0.1) is 0 Å². The van der Waals surface area contributed by atoms with Crippen molar-refractivity contribution in [2.75, 3.05) is 12.5 Å². The monoisotopic (exact) mass is 288 g/mol.